The minimum atomic E-state index is -0.409. The molecule has 0 aromatic carbocycles. The van der Waals surface area contributed by atoms with Crippen LogP contribution in [-0.4, -0.2) is 47.8 Å². The van der Waals surface area contributed by atoms with Crippen molar-refractivity contribution >= 4 is 5.97 Å². The van der Waals surface area contributed by atoms with Crippen LogP contribution in [0, 0.1) is 0 Å². The zero-order valence-corrected chi connectivity index (χ0v) is 8.27. The molecule has 14 heavy (non-hydrogen) atoms. The minimum Gasteiger partial charge on any atom is -0.463 e. The highest BCUT2D eigenvalue weighted by atomic mass is 16.5. The van der Waals surface area contributed by atoms with Gasteiger partial charge in [0.1, 0.15) is 0 Å². The number of aliphatic hydroxyl groups excluding tert-OH is 1. The van der Waals surface area contributed by atoms with E-state index in [2.05, 4.69) is 4.90 Å². The third kappa shape index (κ3) is 1.44. The van der Waals surface area contributed by atoms with Gasteiger partial charge in [-0.15, -0.1) is 0 Å². The van der Waals surface area contributed by atoms with Crippen molar-refractivity contribution < 1.29 is 14.6 Å². The topological polar surface area (TPSA) is 49.8 Å². The molecule has 0 aromatic heterocycles. The van der Waals surface area contributed by atoms with Crippen LogP contribution in [0.4, 0.5) is 0 Å². The number of ether oxygens (including phenoxy) is 1. The number of carbonyl (C=O) groups is 1. The highest BCUT2D eigenvalue weighted by Gasteiger charge is 2.41. The Morgan fingerprint density at radius 2 is 2.57 bits per heavy atom. The largest absolute Gasteiger partial charge is 0.463 e. The first kappa shape index (κ1) is 9.68. The van der Waals surface area contributed by atoms with Crippen LogP contribution in [0.25, 0.3) is 0 Å². The number of esters is 1. The van der Waals surface area contributed by atoms with Gasteiger partial charge >= 0.3 is 5.97 Å². The molecule has 0 aromatic rings. The molecule has 2 heterocycles. The summed E-state index contributed by atoms with van der Waals surface area (Å²) in [4.78, 5) is 13.6. The van der Waals surface area contributed by atoms with Gasteiger partial charge in [-0.05, 0) is 13.3 Å². The molecule has 0 saturated carbocycles. The third-order valence-corrected chi connectivity index (χ3v) is 2.85. The van der Waals surface area contributed by atoms with Gasteiger partial charge in [0, 0.05) is 13.1 Å². The van der Waals surface area contributed by atoms with Gasteiger partial charge in [0.2, 0.25) is 0 Å². The van der Waals surface area contributed by atoms with Crippen LogP contribution < -0.4 is 0 Å². The van der Waals surface area contributed by atoms with E-state index in [1.54, 1.807) is 6.92 Å². The Balaban J connectivity index is 2.09. The maximum atomic E-state index is 11.5. The van der Waals surface area contributed by atoms with Gasteiger partial charge in [0.25, 0.3) is 0 Å². The van der Waals surface area contributed by atoms with E-state index in [4.69, 9.17) is 4.74 Å². The fourth-order valence-electron chi connectivity index (χ4n) is 2.20. The van der Waals surface area contributed by atoms with Crippen LogP contribution >= 0.6 is 0 Å². The Labute approximate surface area is 83.2 Å². The Morgan fingerprint density at radius 3 is 3.29 bits per heavy atom. The van der Waals surface area contributed by atoms with Gasteiger partial charge < -0.3 is 9.84 Å². The van der Waals surface area contributed by atoms with Crippen LogP contribution in [-0.2, 0) is 9.53 Å². The van der Waals surface area contributed by atoms with Crippen molar-refractivity contribution in [3.8, 4) is 0 Å². The Kier molecular flexibility index (Phi) is 2.56. The number of hydrogen-bond donors (Lipinski definition) is 1. The van der Waals surface area contributed by atoms with Crippen molar-refractivity contribution in [3.05, 3.63) is 11.6 Å². The summed E-state index contributed by atoms with van der Waals surface area (Å²) in [5.74, 6) is -0.277. The normalized spacial score (nSPS) is 31.4. The SMILES string of the molecule is CCOC(=O)C1=CCN2CC[C@@H](O)[C@@H]12. The molecule has 2 aliphatic heterocycles. The summed E-state index contributed by atoms with van der Waals surface area (Å²) in [5.41, 5.74) is 0.636. The van der Waals surface area contributed by atoms with Crippen LogP contribution in [0.5, 0.6) is 0 Å². The van der Waals surface area contributed by atoms with Gasteiger partial charge in [-0.25, -0.2) is 4.79 Å². The summed E-state index contributed by atoms with van der Waals surface area (Å²) in [6.07, 6.45) is 2.21. The van der Waals surface area contributed by atoms with Gasteiger partial charge in [0.05, 0.1) is 24.3 Å². The van der Waals surface area contributed by atoms with Crippen LogP contribution in [0.1, 0.15) is 13.3 Å². The maximum Gasteiger partial charge on any atom is 0.335 e. The fourth-order valence-corrected chi connectivity index (χ4v) is 2.20. The second-order valence-corrected chi connectivity index (χ2v) is 3.68. The van der Waals surface area contributed by atoms with E-state index in [1.807, 2.05) is 6.08 Å². The number of fused-ring (bicyclic) bond motifs is 1. The molecule has 1 N–H and O–H groups in total. The summed E-state index contributed by atoms with van der Waals surface area (Å²) in [7, 11) is 0. The molecule has 1 saturated heterocycles. The first-order chi connectivity index (χ1) is 6.74. The van der Waals surface area contributed by atoms with Crippen LogP contribution in [0.3, 0.4) is 0 Å². The number of aliphatic hydroxyl groups is 1. The second kappa shape index (κ2) is 3.71. The average molecular weight is 197 g/mol. The van der Waals surface area contributed by atoms with Crippen LogP contribution in [0.15, 0.2) is 11.6 Å². The van der Waals surface area contributed by atoms with E-state index in [9.17, 15) is 9.90 Å². The number of carbonyl (C=O) groups excluding carboxylic acids is 1. The smallest absolute Gasteiger partial charge is 0.335 e. The molecule has 4 nitrogen and oxygen atoms in total. The van der Waals surface area contributed by atoms with E-state index in [0.29, 0.717) is 12.2 Å². The van der Waals surface area contributed by atoms with Crippen molar-refractivity contribution in [3.63, 3.8) is 0 Å². The molecule has 0 aliphatic carbocycles. The van der Waals surface area contributed by atoms with E-state index < -0.39 is 6.10 Å². The summed E-state index contributed by atoms with van der Waals surface area (Å²) in [6.45, 7) is 3.80. The van der Waals surface area contributed by atoms with Gasteiger partial charge in [-0.3, -0.25) is 4.90 Å². The molecule has 2 rings (SSSR count). The summed E-state index contributed by atoms with van der Waals surface area (Å²) < 4.78 is 4.94. The van der Waals surface area contributed by atoms with Crippen molar-refractivity contribution in [2.24, 2.45) is 0 Å². The van der Waals surface area contributed by atoms with E-state index in [-0.39, 0.29) is 12.0 Å². The third-order valence-electron chi connectivity index (χ3n) is 2.85. The van der Waals surface area contributed by atoms with Crippen molar-refractivity contribution in [1.29, 1.82) is 0 Å². The zero-order chi connectivity index (χ0) is 10.1. The molecule has 0 bridgehead atoms. The quantitative estimate of drug-likeness (QED) is 0.629. The number of hydrogen-bond acceptors (Lipinski definition) is 4. The van der Waals surface area contributed by atoms with E-state index >= 15 is 0 Å². The Morgan fingerprint density at radius 1 is 1.79 bits per heavy atom. The van der Waals surface area contributed by atoms with Crippen molar-refractivity contribution in [1.82, 2.24) is 4.90 Å². The lowest BCUT2D eigenvalue weighted by molar-refractivity contribution is -0.139. The molecule has 4 heteroatoms. The number of nitrogens with zero attached hydrogens (tertiary/aromatic N) is 1. The highest BCUT2D eigenvalue weighted by molar-refractivity contribution is 5.90. The lowest BCUT2D eigenvalue weighted by atomic mass is 10.1. The summed E-state index contributed by atoms with van der Waals surface area (Å²) >= 11 is 0. The molecule has 78 valence electrons. The van der Waals surface area contributed by atoms with Crippen LogP contribution in [0.2, 0.25) is 0 Å². The lowest BCUT2D eigenvalue weighted by Crippen LogP contribution is -2.34. The fraction of sp³-hybridized carbons (Fsp3) is 0.700. The standard InChI is InChI=1S/C10H15NO3/c1-2-14-10(13)7-3-5-11-6-4-8(12)9(7)11/h3,8-9,12H,2,4-6H2,1H3/t8-,9-/m1/s1. The molecular formula is C10H15NO3. The first-order valence-electron chi connectivity index (χ1n) is 5.03. The first-order valence-corrected chi connectivity index (χ1v) is 5.03. The second-order valence-electron chi connectivity index (χ2n) is 3.68. The lowest BCUT2D eigenvalue weighted by Gasteiger charge is -2.19. The predicted molar refractivity (Wildman–Crippen MR) is 50.7 cm³/mol. The van der Waals surface area contributed by atoms with Gasteiger partial charge in [0.15, 0.2) is 0 Å². The molecule has 2 atom stereocenters. The Bertz CT molecular complexity index is 275. The van der Waals surface area contributed by atoms with E-state index in [1.165, 1.54) is 0 Å². The van der Waals surface area contributed by atoms with Crippen molar-refractivity contribution in [2.45, 2.75) is 25.5 Å². The van der Waals surface area contributed by atoms with E-state index in [0.717, 1.165) is 19.5 Å². The summed E-state index contributed by atoms with van der Waals surface area (Å²) in [6, 6.07) is -0.117. The molecule has 0 amide bonds. The van der Waals surface area contributed by atoms with Crippen molar-refractivity contribution in [2.75, 3.05) is 19.7 Å². The van der Waals surface area contributed by atoms with Gasteiger partial charge in [-0.2, -0.15) is 0 Å². The molecule has 2 aliphatic rings. The molecule has 0 spiro atoms. The number of rotatable bonds is 2. The maximum absolute atomic E-state index is 11.5. The minimum absolute atomic E-state index is 0.117. The summed E-state index contributed by atoms with van der Waals surface area (Å²) in [5, 5.41) is 9.70. The molecule has 0 radical (unpaired) electrons. The Hall–Kier alpha value is -0.870. The molecule has 0 unspecified atom stereocenters. The average Bonchev–Trinajstić information content (AvgIpc) is 2.70. The zero-order valence-electron chi connectivity index (χ0n) is 8.27. The molecular weight excluding hydrogens is 182 g/mol. The van der Waals surface area contributed by atoms with Gasteiger partial charge in [-0.1, -0.05) is 6.08 Å². The predicted octanol–water partition coefficient (Wildman–Crippen LogP) is -0.0753. The monoisotopic (exact) mass is 197 g/mol. The molecule has 1 fully saturated rings. The highest BCUT2D eigenvalue weighted by Crippen LogP contribution is 2.29.